The van der Waals surface area contributed by atoms with E-state index in [0.717, 1.165) is 34.6 Å². The lowest BCUT2D eigenvalue weighted by atomic mass is 9.95. The molecule has 0 bridgehead atoms. The van der Waals surface area contributed by atoms with Crippen LogP contribution in [0.4, 0.5) is 0 Å². The van der Waals surface area contributed by atoms with Crippen LogP contribution < -0.4 is 4.74 Å². The molecule has 0 aromatic heterocycles. The second kappa shape index (κ2) is 6.84. The summed E-state index contributed by atoms with van der Waals surface area (Å²) >= 11 is 12.5. The minimum Gasteiger partial charge on any atom is -0.464 e. The molecule has 28 heavy (non-hydrogen) atoms. The quantitative estimate of drug-likeness (QED) is 0.480. The highest BCUT2D eigenvalue weighted by Crippen LogP contribution is 2.48. The summed E-state index contributed by atoms with van der Waals surface area (Å²) in [6.45, 7) is 2.09. The molecular weight excluding hydrogens is 391 g/mol. The molecule has 0 amide bonds. The Hall–Kier alpha value is -2.49. The molecule has 0 spiro atoms. The molecule has 2 aliphatic heterocycles. The molecule has 0 saturated heterocycles. The highest BCUT2D eigenvalue weighted by molar-refractivity contribution is 6.31. The van der Waals surface area contributed by atoms with Crippen LogP contribution in [0.5, 0.6) is 5.75 Å². The number of hydrogen-bond donors (Lipinski definition) is 0. The third-order valence-corrected chi connectivity index (χ3v) is 5.74. The summed E-state index contributed by atoms with van der Waals surface area (Å²) in [6.07, 6.45) is 0.469. The van der Waals surface area contributed by atoms with Crippen molar-refractivity contribution in [1.82, 2.24) is 5.01 Å². The molecule has 0 aliphatic carbocycles. The second-order valence-corrected chi connectivity index (χ2v) is 8.09. The first-order valence-electron chi connectivity index (χ1n) is 9.23. The van der Waals surface area contributed by atoms with E-state index in [9.17, 15) is 0 Å². The Balaban J connectivity index is 1.61. The van der Waals surface area contributed by atoms with E-state index in [4.69, 9.17) is 33.0 Å². The zero-order valence-electron chi connectivity index (χ0n) is 15.3. The van der Waals surface area contributed by atoms with Gasteiger partial charge in [-0.1, -0.05) is 65.2 Å². The van der Waals surface area contributed by atoms with E-state index in [1.54, 1.807) is 0 Å². The van der Waals surface area contributed by atoms with Crippen molar-refractivity contribution in [3.63, 3.8) is 0 Å². The number of nitrogens with zero attached hydrogens (tertiary/aromatic N) is 2. The van der Waals surface area contributed by atoms with E-state index in [1.165, 1.54) is 5.56 Å². The van der Waals surface area contributed by atoms with Crippen LogP contribution in [0, 0.1) is 6.92 Å². The first-order valence-corrected chi connectivity index (χ1v) is 9.98. The summed E-state index contributed by atoms with van der Waals surface area (Å²) < 4.78 is 6.35. The van der Waals surface area contributed by atoms with Crippen molar-refractivity contribution >= 4 is 28.9 Å². The minimum absolute atomic E-state index is 0.0720. The van der Waals surface area contributed by atoms with Gasteiger partial charge in [-0.3, -0.25) is 0 Å². The van der Waals surface area contributed by atoms with Crippen LogP contribution in [0.25, 0.3) is 0 Å². The number of hydrogen-bond acceptors (Lipinski definition) is 3. The van der Waals surface area contributed by atoms with Gasteiger partial charge in [-0.15, -0.1) is 0 Å². The molecular formula is C23H18Cl2N2O. The third kappa shape index (κ3) is 3.05. The normalized spacial score (nSPS) is 20.2. The van der Waals surface area contributed by atoms with Crippen molar-refractivity contribution in [2.45, 2.75) is 25.6 Å². The first kappa shape index (κ1) is 17.6. The van der Waals surface area contributed by atoms with Crippen molar-refractivity contribution in [3.8, 4) is 5.75 Å². The Morgan fingerprint density at radius 2 is 1.75 bits per heavy atom. The van der Waals surface area contributed by atoms with Gasteiger partial charge in [0.15, 0.2) is 0 Å². The van der Waals surface area contributed by atoms with Gasteiger partial charge in [-0.05, 0) is 42.8 Å². The van der Waals surface area contributed by atoms with Crippen molar-refractivity contribution < 1.29 is 4.74 Å². The molecule has 2 atom stereocenters. The molecule has 2 heterocycles. The van der Waals surface area contributed by atoms with Crippen LogP contribution in [0.2, 0.25) is 10.0 Å². The molecule has 0 N–H and O–H groups in total. The highest BCUT2D eigenvalue weighted by atomic mass is 35.5. The van der Waals surface area contributed by atoms with Gasteiger partial charge in [0.05, 0.1) is 11.8 Å². The summed E-state index contributed by atoms with van der Waals surface area (Å²) in [4.78, 5) is 0. The molecule has 2 aliphatic rings. The molecule has 0 fully saturated rings. The number of rotatable bonds is 2. The van der Waals surface area contributed by atoms with E-state index in [2.05, 4.69) is 31.2 Å². The lowest BCUT2D eigenvalue weighted by Crippen LogP contribution is -2.33. The first-order chi connectivity index (χ1) is 13.6. The molecule has 140 valence electrons. The monoisotopic (exact) mass is 408 g/mol. The van der Waals surface area contributed by atoms with Crippen molar-refractivity contribution in [2.75, 3.05) is 0 Å². The van der Waals surface area contributed by atoms with Gasteiger partial charge in [-0.25, -0.2) is 5.01 Å². The van der Waals surface area contributed by atoms with Gasteiger partial charge in [0.2, 0.25) is 6.23 Å². The Kier molecular flexibility index (Phi) is 4.30. The van der Waals surface area contributed by atoms with E-state index < -0.39 is 0 Å². The zero-order valence-corrected chi connectivity index (χ0v) is 16.8. The van der Waals surface area contributed by atoms with Gasteiger partial charge in [-0.2, -0.15) is 5.10 Å². The fraction of sp³-hybridized carbons (Fsp3) is 0.174. The summed E-state index contributed by atoms with van der Waals surface area (Å²) in [6, 6.07) is 22.1. The predicted octanol–water partition coefficient (Wildman–Crippen LogP) is 6.54. The standard InChI is InChI=1S/C23H18Cl2N2O/c1-14-5-7-15(8-6-14)20-13-21-19-12-18(25)9-10-22(19)28-23(27(21)26-20)16-3-2-4-17(24)11-16/h2-12,21,23H,13H2,1H3/t21-,23-/m0/s1. The topological polar surface area (TPSA) is 24.8 Å². The Morgan fingerprint density at radius 1 is 0.964 bits per heavy atom. The number of benzene rings is 3. The molecule has 3 aromatic rings. The maximum atomic E-state index is 6.35. The van der Waals surface area contributed by atoms with E-state index >= 15 is 0 Å². The molecule has 3 nitrogen and oxygen atoms in total. The Bertz CT molecular complexity index is 1080. The van der Waals surface area contributed by atoms with Gasteiger partial charge in [0, 0.05) is 27.6 Å². The molecule has 0 radical (unpaired) electrons. The average molecular weight is 409 g/mol. The number of aryl methyl sites for hydroxylation is 1. The maximum absolute atomic E-state index is 6.35. The SMILES string of the molecule is Cc1ccc(C2=NN3[C@@H](C2)c2cc(Cl)ccc2O[C@H]3c2cccc(Cl)c2)cc1. The van der Waals surface area contributed by atoms with E-state index in [-0.39, 0.29) is 12.3 Å². The van der Waals surface area contributed by atoms with E-state index in [1.807, 2.05) is 47.5 Å². The third-order valence-electron chi connectivity index (χ3n) is 5.27. The summed E-state index contributed by atoms with van der Waals surface area (Å²) in [5, 5.41) is 8.39. The predicted molar refractivity (Wildman–Crippen MR) is 113 cm³/mol. The Morgan fingerprint density at radius 3 is 2.54 bits per heavy atom. The lowest BCUT2D eigenvalue weighted by molar-refractivity contribution is -0.0190. The van der Waals surface area contributed by atoms with Gasteiger partial charge in [0.1, 0.15) is 5.75 Å². The zero-order chi connectivity index (χ0) is 19.3. The lowest BCUT2D eigenvalue weighted by Gasteiger charge is -2.38. The molecule has 5 heteroatoms. The van der Waals surface area contributed by atoms with Crippen LogP contribution in [0.1, 0.15) is 40.9 Å². The molecule has 5 rings (SSSR count). The Labute approximate surface area is 174 Å². The molecule has 3 aromatic carbocycles. The van der Waals surface area contributed by atoms with E-state index in [0.29, 0.717) is 10.0 Å². The van der Waals surface area contributed by atoms with Crippen LogP contribution in [-0.2, 0) is 0 Å². The smallest absolute Gasteiger partial charge is 0.213 e. The summed E-state index contributed by atoms with van der Waals surface area (Å²) in [7, 11) is 0. The fourth-order valence-electron chi connectivity index (χ4n) is 3.86. The van der Waals surface area contributed by atoms with Crippen molar-refractivity contribution in [1.29, 1.82) is 0 Å². The van der Waals surface area contributed by atoms with Gasteiger partial charge in [0.25, 0.3) is 0 Å². The number of hydrazone groups is 1. The van der Waals surface area contributed by atoms with Gasteiger partial charge >= 0.3 is 0 Å². The number of ether oxygens (including phenoxy) is 1. The maximum Gasteiger partial charge on any atom is 0.213 e. The summed E-state index contributed by atoms with van der Waals surface area (Å²) in [5.41, 5.74) is 5.46. The highest BCUT2D eigenvalue weighted by Gasteiger charge is 2.41. The van der Waals surface area contributed by atoms with Crippen molar-refractivity contribution in [3.05, 3.63) is 99.0 Å². The second-order valence-electron chi connectivity index (χ2n) is 7.22. The van der Waals surface area contributed by atoms with Crippen molar-refractivity contribution in [2.24, 2.45) is 5.10 Å². The van der Waals surface area contributed by atoms with Crippen LogP contribution in [0.3, 0.4) is 0 Å². The minimum atomic E-state index is -0.333. The van der Waals surface area contributed by atoms with Gasteiger partial charge < -0.3 is 4.74 Å². The fourth-order valence-corrected chi connectivity index (χ4v) is 4.24. The number of fused-ring (bicyclic) bond motifs is 3. The molecule has 0 saturated carbocycles. The largest absolute Gasteiger partial charge is 0.464 e. The van der Waals surface area contributed by atoms with Crippen LogP contribution >= 0.6 is 23.2 Å². The number of halogens is 2. The summed E-state index contributed by atoms with van der Waals surface area (Å²) in [5.74, 6) is 0.844. The molecule has 0 unspecified atom stereocenters. The van der Waals surface area contributed by atoms with Crippen LogP contribution in [-0.4, -0.2) is 10.7 Å². The average Bonchev–Trinajstić information content (AvgIpc) is 3.14. The van der Waals surface area contributed by atoms with Crippen LogP contribution in [0.15, 0.2) is 71.8 Å².